The van der Waals surface area contributed by atoms with Crippen molar-refractivity contribution < 1.29 is 18.7 Å². The Bertz CT molecular complexity index is 707. The fraction of sp³-hybridized carbons (Fsp3) is 0.667. The quantitative estimate of drug-likeness (QED) is 0.879. The van der Waals surface area contributed by atoms with Crippen LogP contribution in [0.3, 0.4) is 0 Å². The zero-order valence-corrected chi connectivity index (χ0v) is 15.7. The van der Waals surface area contributed by atoms with E-state index in [1.54, 1.807) is 0 Å². The number of benzene rings is 1. The van der Waals surface area contributed by atoms with Crippen molar-refractivity contribution >= 4 is 5.91 Å². The predicted octanol–water partition coefficient (Wildman–Crippen LogP) is 3.08. The molecule has 4 rings (SSSR count). The lowest BCUT2D eigenvalue weighted by molar-refractivity contribution is -0.142. The van der Waals surface area contributed by atoms with Crippen molar-refractivity contribution in [2.45, 2.75) is 63.1 Å². The molecule has 0 bridgehead atoms. The monoisotopic (exact) mass is 378 g/mol. The molecule has 1 aliphatic carbocycles. The number of nitrogens with zero attached hydrogens (tertiary/aromatic N) is 2. The predicted molar refractivity (Wildman–Crippen MR) is 97.9 cm³/mol. The van der Waals surface area contributed by atoms with E-state index in [2.05, 4.69) is 4.90 Å². The van der Waals surface area contributed by atoms with Gasteiger partial charge in [0.05, 0.1) is 6.10 Å². The van der Waals surface area contributed by atoms with E-state index in [9.17, 15) is 18.7 Å². The average molecular weight is 378 g/mol. The van der Waals surface area contributed by atoms with Gasteiger partial charge in [-0.05, 0) is 69.7 Å². The minimum absolute atomic E-state index is 0.0184. The van der Waals surface area contributed by atoms with E-state index in [0.29, 0.717) is 31.5 Å². The third kappa shape index (κ3) is 3.74. The average Bonchev–Trinajstić information content (AvgIpc) is 2.86. The van der Waals surface area contributed by atoms with Gasteiger partial charge < -0.3 is 10.0 Å². The van der Waals surface area contributed by atoms with E-state index in [1.165, 1.54) is 12.1 Å². The Morgan fingerprint density at radius 3 is 2.59 bits per heavy atom. The molecule has 0 aromatic heterocycles. The first-order valence-electron chi connectivity index (χ1n) is 10.1. The van der Waals surface area contributed by atoms with Crippen LogP contribution in [-0.2, 0) is 11.3 Å². The minimum Gasteiger partial charge on any atom is -0.393 e. The SMILES string of the molecule is O=C(C1CC(O)C1)N1CCC[C@@]2(CCCN2Cc2cc(F)ccc2F)CC1. The number of amides is 1. The topological polar surface area (TPSA) is 43.8 Å². The number of halogens is 2. The summed E-state index contributed by atoms with van der Waals surface area (Å²) >= 11 is 0. The van der Waals surface area contributed by atoms with Gasteiger partial charge in [0.1, 0.15) is 11.6 Å². The number of carbonyl (C=O) groups excluding carboxylic acids is 1. The molecule has 27 heavy (non-hydrogen) atoms. The largest absolute Gasteiger partial charge is 0.393 e. The number of rotatable bonds is 3. The first kappa shape index (κ1) is 18.8. The highest BCUT2D eigenvalue weighted by Crippen LogP contribution is 2.40. The van der Waals surface area contributed by atoms with Crippen LogP contribution in [0.2, 0.25) is 0 Å². The summed E-state index contributed by atoms with van der Waals surface area (Å²) in [5.74, 6) is -0.597. The van der Waals surface area contributed by atoms with Crippen LogP contribution in [0, 0.1) is 17.6 Å². The van der Waals surface area contributed by atoms with Gasteiger partial charge in [-0.2, -0.15) is 0 Å². The van der Waals surface area contributed by atoms with Crippen molar-refractivity contribution in [3.63, 3.8) is 0 Å². The molecule has 2 aliphatic heterocycles. The second-order valence-electron chi connectivity index (χ2n) is 8.49. The van der Waals surface area contributed by atoms with E-state index in [-0.39, 0.29) is 29.3 Å². The van der Waals surface area contributed by atoms with Crippen LogP contribution < -0.4 is 0 Å². The van der Waals surface area contributed by atoms with E-state index in [1.807, 2.05) is 4.90 Å². The van der Waals surface area contributed by atoms with Crippen molar-refractivity contribution in [2.24, 2.45) is 5.92 Å². The molecular weight excluding hydrogens is 350 g/mol. The van der Waals surface area contributed by atoms with Crippen LogP contribution >= 0.6 is 0 Å². The number of hydrogen-bond donors (Lipinski definition) is 1. The van der Waals surface area contributed by atoms with Crippen molar-refractivity contribution in [3.8, 4) is 0 Å². The standard InChI is InChI=1S/C21H28F2N2O2/c22-17-3-4-19(23)16(11-17)14-25-9-2-6-21(25)5-1-8-24(10-7-21)20(27)15-12-18(26)13-15/h3-4,11,15,18,26H,1-2,5-10,12-14H2/t15?,18?,21-/m1/s1. The summed E-state index contributed by atoms with van der Waals surface area (Å²) in [5.41, 5.74) is 0.393. The van der Waals surface area contributed by atoms with E-state index in [4.69, 9.17) is 0 Å². The first-order valence-corrected chi connectivity index (χ1v) is 10.1. The van der Waals surface area contributed by atoms with Crippen LogP contribution in [0.4, 0.5) is 8.78 Å². The lowest BCUT2D eigenvalue weighted by Crippen LogP contribution is -2.46. The maximum Gasteiger partial charge on any atom is 0.225 e. The van der Waals surface area contributed by atoms with Gasteiger partial charge in [-0.3, -0.25) is 9.69 Å². The Kier molecular flexibility index (Phi) is 5.21. The number of hydrogen-bond acceptors (Lipinski definition) is 3. The van der Waals surface area contributed by atoms with Crippen LogP contribution in [-0.4, -0.2) is 52.1 Å². The molecule has 2 saturated heterocycles. The van der Waals surface area contributed by atoms with Gasteiger partial charge >= 0.3 is 0 Å². The summed E-state index contributed by atoms with van der Waals surface area (Å²) in [6.45, 7) is 2.79. The lowest BCUT2D eigenvalue weighted by Gasteiger charge is -2.39. The van der Waals surface area contributed by atoms with Gasteiger partial charge in [0.15, 0.2) is 0 Å². The normalized spacial score (nSPS) is 31.7. The van der Waals surface area contributed by atoms with Gasteiger partial charge in [-0.25, -0.2) is 8.78 Å². The zero-order chi connectivity index (χ0) is 19.0. The second-order valence-corrected chi connectivity index (χ2v) is 8.49. The molecule has 3 fully saturated rings. The Labute approximate surface area is 159 Å². The molecule has 1 N–H and O–H groups in total. The molecule has 1 saturated carbocycles. The first-order chi connectivity index (χ1) is 13.0. The highest BCUT2D eigenvalue weighted by Gasteiger charge is 2.43. The molecule has 1 aromatic rings. The summed E-state index contributed by atoms with van der Waals surface area (Å²) in [7, 11) is 0. The molecule has 1 aromatic carbocycles. The molecule has 4 nitrogen and oxygen atoms in total. The molecule has 1 spiro atoms. The van der Waals surface area contributed by atoms with Crippen molar-refractivity contribution in [2.75, 3.05) is 19.6 Å². The summed E-state index contributed by atoms with van der Waals surface area (Å²) < 4.78 is 27.7. The Morgan fingerprint density at radius 1 is 1.11 bits per heavy atom. The fourth-order valence-electron chi connectivity index (χ4n) is 5.12. The summed E-state index contributed by atoms with van der Waals surface area (Å²) in [4.78, 5) is 16.9. The smallest absolute Gasteiger partial charge is 0.225 e. The zero-order valence-electron chi connectivity index (χ0n) is 15.7. The molecular formula is C21H28F2N2O2. The van der Waals surface area contributed by atoms with Gasteiger partial charge in [0, 0.05) is 36.7 Å². The number of aliphatic hydroxyl groups excluding tert-OH is 1. The molecule has 0 radical (unpaired) electrons. The van der Waals surface area contributed by atoms with Crippen LogP contribution in [0.15, 0.2) is 18.2 Å². The Hall–Kier alpha value is -1.53. The number of aliphatic hydroxyl groups is 1. The third-order valence-corrected chi connectivity index (χ3v) is 6.80. The molecule has 3 aliphatic rings. The summed E-state index contributed by atoms with van der Waals surface area (Å²) in [6.07, 6.45) is 5.77. The van der Waals surface area contributed by atoms with Crippen molar-refractivity contribution in [3.05, 3.63) is 35.4 Å². The van der Waals surface area contributed by atoms with Crippen LogP contribution in [0.25, 0.3) is 0 Å². The van der Waals surface area contributed by atoms with Gasteiger partial charge in [0.25, 0.3) is 0 Å². The Morgan fingerprint density at radius 2 is 1.85 bits per heavy atom. The van der Waals surface area contributed by atoms with E-state index >= 15 is 0 Å². The van der Waals surface area contributed by atoms with Crippen molar-refractivity contribution in [1.82, 2.24) is 9.80 Å². The third-order valence-electron chi connectivity index (χ3n) is 6.80. The maximum absolute atomic E-state index is 14.1. The molecule has 1 atom stereocenters. The summed E-state index contributed by atoms with van der Waals surface area (Å²) in [5, 5.41) is 9.47. The van der Waals surface area contributed by atoms with Gasteiger partial charge in [-0.15, -0.1) is 0 Å². The van der Waals surface area contributed by atoms with Gasteiger partial charge in [-0.1, -0.05) is 0 Å². The highest BCUT2D eigenvalue weighted by atomic mass is 19.1. The molecule has 1 amide bonds. The van der Waals surface area contributed by atoms with Crippen molar-refractivity contribution in [1.29, 1.82) is 0 Å². The lowest BCUT2D eigenvalue weighted by atomic mass is 9.81. The maximum atomic E-state index is 14.1. The fourth-order valence-corrected chi connectivity index (χ4v) is 5.12. The minimum atomic E-state index is -0.403. The highest BCUT2D eigenvalue weighted by molar-refractivity contribution is 5.79. The summed E-state index contributed by atoms with van der Waals surface area (Å²) in [6, 6.07) is 3.66. The molecule has 6 heteroatoms. The number of likely N-dealkylation sites (tertiary alicyclic amines) is 2. The Balaban J connectivity index is 1.44. The molecule has 2 heterocycles. The second kappa shape index (κ2) is 7.47. The van der Waals surface area contributed by atoms with Gasteiger partial charge in [0.2, 0.25) is 5.91 Å². The van der Waals surface area contributed by atoms with Crippen LogP contribution in [0.5, 0.6) is 0 Å². The molecule has 148 valence electrons. The van der Waals surface area contributed by atoms with E-state index in [0.717, 1.165) is 51.3 Å². The molecule has 0 unspecified atom stereocenters. The van der Waals surface area contributed by atoms with E-state index < -0.39 is 5.82 Å². The number of carbonyl (C=O) groups is 1. The van der Waals surface area contributed by atoms with Crippen LogP contribution in [0.1, 0.15) is 50.5 Å².